The highest BCUT2D eigenvalue weighted by Gasteiger charge is 2.24. The van der Waals surface area contributed by atoms with Gasteiger partial charge < -0.3 is 10.1 Å². The Morgan fingerprint density at radius 3 is 3.08 bits per heavy atom. The largest absolute Gasteiger partial charge is 0.490 e. The summed E-state index contributed by atoms with van der Waals surface area (Å²) in [6, 6.07) is 6.56. The Labute approximate surface area is 77.9 Å². The van der Waals surface area contributed by atoms with Gasteiger partial charge in [0.1, 0.15) is 12.4 Å². The molecule has 1 N–H and O–H groups in total. The summed E-state index contributed by atoms with van der Waals surface area (Å²) in [5, 5.41) is 3.32. The molecular weight excluding hydrogens is 162 g/mol. The summed E-state index contributed by atoms with van der Waals surface area (Å²) in [6.07, 6.45) is 2.71. The van der Waals surface area contributed by atoms with E-state index in [9.17, 15) is 0 Å². The Kier molecular flexibility index (Phi) is 1.48. The third-order valence-corrected chi connectivity index (χ3v) is 2.73. The Hall–Kier alpha value is -1.18. The lowest BCUT2D eigenvalue weighted by atomic mass is 10.1. The van der Waals surface area contributed by atoms with Gasteiger partial charge in [-0.3, -0.25) is 0 Å². The van der Waals surface area contributed by atoms with E-state index < -0.39 is 0 Å². The van der Waals surface area contributed by atoms with E-state index in [-0.39, 0.29) is 0 Å². The molecule has 0 unspecified atom stereocenters. The average Bonchev–Trinajstić information content (AvgIpc) is 3.00. The van der Waals surface area contributed by atoms with Crippen molar-refractivity contribution in [1.29, 1.82) is 0 Å². The van der Waals surface area contributed by atoms with Gasteiger partial charge in [0, 0.05) is 6.54 Å². The van der Waals surface area contributed by atoms with Crippen molar-refractivity contribution in [2.75, 3.05) is 18.5 Å². The van der Waals surface area contributed by atoms with Crippen LogP contribution in [0.1, 0.15) is 24.3 Å². The molecule has 0 aromatic heterocycles. The fourth-order valence-electron chi connectivity index (χ4n) is 1.82. The fourth-order valence-corrected chi connectivity index (χ4v) is 1.82. The summed E-state index contributed by atoms with van der Waals surface area (Å²) >= 11 is 0. The Morgan fingerprint density at radius 2 is 2.23 bits per heavy atom. The SMILES string of the molecule is c1cc2c(cc1C1CC1)OCCN2. The highest BCUT2D eigenvalue weighted by molar-refractivity contribution is 5.59. The molecular formula is C11H13NO. The molecule has 0 amide bonds. The van der Waals surface area contributed by atoms with E-state index in [1.165, 1.54) is 18.4 Å². The molecule has 13 heavy (non-hydrogen) atoms. The smallest absolute Gasteiger partial charge is 0.142 e. The molecule has 68 valence electrons. The van der Waals surface area contributed by atoms with Gasteiger partial charge >= 0.3 is 0 Å². The highest BCUT2D eigenvalue weighted by atomic mass is 16.5. The van der Waals surface area contributed by atoms with E-state index >= 15 is 0 Å². The van der Waals surface area contributed by atoms with E-state index in [0.717, 1.165) is 30.5 Å². The first kappa shape index (κ1) is 7.25. The maximum absolute atomic E-state index is 5.58. The molecule has 1 aromatic rings. The van der Waals surface area contributed by atoms with E-state index in [2.05, 4.69) is 23.5 Å². The molecule has 1 heterocycles. The van der Waals surface area contributed by atoms with Crippen LogP contribution in [0.4, 0.5) is 5.69 Å². The van der Waals surface area contributed by atoms with Crippen molar-refractivity contribution in [2.45, 2.75) is 18.8 Å². The average molecular weight is 175 g/mol. The standard InChI is InChI=1S/C11H13NO/c1-2-8(1)9-3-4-10-11(7-9)13-6-5-12-10/h3-4,7-8,12H,1-2,5-6H2. The maximum atomic E-state index is 5.58. The molecule has 0 radical (unpaired) electrons. The summed E-state index contributed by atoms with van der Waals surface area (Å²) in [6.45, 7) is 1.72. The molecule has 0 spiro atoms. The molecule has 1 aliphatic heterocycles. The van der Waals surface area contributed by atoms with Crippen molar-refractivity contribution >= 4 is 5.69 Å². The number of anilines is 1. The van der Waals surface area contributed by atoms with Crippen LogP contribution in [-0.2, 0) is 0 Å². The maximum Gasteiger partial charge on any atom is 0.142 e. The fraction of sp³-hybridized carbons (Fsp3) is 0.455. The summed E-state index contributed by atoms with van der Waals surface area (Å²) in [5.41, 5.74) is 2.60. The van der Waals surface area contributed by atoms with Crippen LogP contribution in [0.3, 0.4) is 0 Å². The Morgan fingerprint density at radius 1 is 1.31 bits per heavy atom. The Balaban J connectivity index is 1.98. The predicted octanol–water partition coefficient (Wildman–Crippen LogP) is 2.37. The third kappa shape index (κ3) is 1.26. The lowest BCUT2D eigenvalue weighted by molar-refractivity contribution is 0.323. The quantitative estimate of drug-likeness (QED) is 0.707. The molecule has 2 aliphatic rings. The van der Waals surface area contributed by atoms with Crippen LogP contribution in [0, 0.1) is 0 Å². The van der Waals surface area contributed by atoms with Gasteiger partial charge in [0.2, 0.25) is 0 Å². The lowest BCUT2D eigenvalue weighted by Gasteiger charge is -2.19. The normalized spacial score (nSPS) is 20.0. The van der Waals surface area contributed by atoms with E-state index in [0.29, 0.717) is 0 Å². The van der Waals surface area contributed by atoms with Crippen molar-refractivity contribution < 1.29 is 4.74 Å². The van der Waals surface area contributed by atoms with E-state index in [1.54, 1.807) is 0 Å². The van der Waals surface area contributed by atoms with Gasteiger partial charge in [0.15, 0.2) is 0 Å². The van der Waals surface area contributed by atoms with Crippen molar-refractivity contribution in [1.82, 2.24) is 0 Å². The third-order valence-electron chi connectivity index (χ3n) is 2.73. The highest BCUT2D eigenvalue weighted by Crippen LogP contribution is 2.42. The minimum Gasteiger partial charge on any atom is -0.490 e. The zero-order chi connectivity index (χ0) is 8.67. The zero-order valence-corrected chi connectivity index (χ0v) is 7.55. The summed E-state index contributed by atoms with van der Waals surface area (Å²) in [7, 11) is 0. The number of ether oxygens (including phenoxy) is 1. The minimum absolute atomic E-state index is 0.793. The van der Waals surface area contributed by atoms with E-state index in [4.69, 9.17) is 4.74 Å². The number of fused-ring (bicyclic) bond motifs is 1. The predicted molar refractivity (Wildman–Crippen MR) is 52.4 cm³/mol. The van der Waals surface area contributed by atoms with Gasteiger partial charge in [-0.15, -0.1) is 0 Å². The molecule has 2 heteroatoms. The van der Waals surface area contributed by atoms with Crippen LogP contribution in [0.25, 0.3) is 0 Å². The second kappa shape index (κ2) is 2.66. The molecule has 3 rings (SSSR count). The first-order chi connectivity index (χ1) is 6.43. The van der Waals surface area contributed by atoms with Gasteiger partial charge in [-0.1, -0.05) is 6.07 Å². The lowest BCUT2D eigenvalue weighted by Crippen LogP contribution is -2.17. The van der Waals surface area contributed by atoms with Crippen LogP contribution >= 0.6 is 0 Å². The van der Waals surface area contributed by atoms with E-state index in [1.807, 2.05) is 0 Å². The molecule has 0 bridgehead atoms. The first-order valence-electron chi connectivity index (χ1n) is 4.94. The number of hydrogen-bond acceptors (Lipinski definition) is 2. The van der Waals surface area contributed by atoms with Crippen molar-refractivity contribution in [3.63, 3.8) is 0 Å². The summed E-state index contributed by atoms with van der Waals surface area (Å²) in [5.74, 6) is 1.85. The van der Waals surface area contributed by atoms with Crippen molar-refractivity contribution in [3.05, 3.63) is 23.8 Å². The van der Waals surface area contributed by atoms with Crippen molar-refractivity contribution in [2.24, 2.45) is 0 Å². The minimum atomic E-state index is 0.793. The molecule has 2 nitrogen and oxygen atoms in total. The molecule has 1 saturated carbocycles. The van der Waals surface area contributed by atoms with Gasteiger partial charge in [-0.2, -0.15) is 0 Å². The van der Waals surface area contributed by atoms with Crippen LogP contribution in [-0.4, -0.2) is 13.2 Å². The second-order valence-electron chi connectivity index (χ2n) is 3.81. The van der Waals surface area contributed by atoms with Gasteiger partial charge in [-0.05, 0) is 36.5 Å². The molecule has 1 fully saturated rings. The summed E-state index contributed by atoms with van der Waals surface area (Å²) in [4.78, 5) is 0. The zero-order valence-electron chi connectivity index (χ0n) is 7.55. The molecule has 1 aliphatic carbocycles. The van der Waals surface area contributed by atoms with Gasteiger partial charge in [0.25, 0.3) is 0 Å². The second-order valence-corrected chi connectivity index (χ2v) is 3.81. The molecule has 0 saturated heterocycles. The summed E-state index contributed by atoms with van der Waals surface area (Å²) < 4.78 is 5.58. The van der Waals surface area contributed by atoms with Crippen molar-refractivity contribution in [3.8, 4) is 5.75 Å². The van der Waals surface area contributed by atoms with Gasteiger partial charge in [-0.25, -0.2) is 0 Å². The van der Waals surface area contributed by atoms with Gasteiger partial charge in [0.05, 0.1) is 5.69 Å². The van der Waals surface area contributed by atoms with Crippen LogP contribution in [0.5, 0.6) is 5.75 Å². The van der Waals surface area contributed by atoms with Crippen LogP contribution < -0.4 is 10.1 Å². The topological polar surface area (TPSA) is 21.3 Å². The Bertz CT molecular complexity index is 331. The van der Waals surface area contributed by atoms with Crippen LogP contribution in [0.2, 0.25) is 0 Å². The number of rotatable bonds is 1. The molecule has 1 aromatic carbocycles. The number of nitrogens with one attached hydrogen (secondary N) is 1. The molecule has 0 atom stereocenters. The first-order valence-corrected chi connectivity index (χ1v) is 4.94. The monoisotopic (exact) mass is 175 g/mol. The van der Waals surface area contributed by atoms with Crippen LogP contribution in [0.15, 0.2) is 18.2 Å². The number of hydrogen-bond donors (Lipinski definition) is 1. The number of benzene rings is 1.